The third-order valence-electron chi connectivity index (χ3n) is 2.28. The van der Waals surface area contributed by atoms with Crippen molar-refractivity contribution in [3.63, 3.8) is 0 Å². The highest BCUT2D eigenvalue weighted by molar-refractivity contribution is 7.11. The Hall–Kier alpha value is -1.63. The van der Waals surface area contributed by atoms with Crippen LogP contribution < -0.4 is 11.1 Å². The van der Waals surface area contributed by atoms with Crippen LogP contribution in [0.3, 0.4) is 0 Å². The number of amides is 3. The average Bonchev–Trinajstić information content (AvgIpc) is 2.60. The topological polar surface area (TPSA) is 88.3 Å². The van der Waals surface area contributed by atoms with Gasteiger partial charge in [-0.15, -0.1) is 0 Å². The molecule has 1 aromatic heterocycles. The van der Waals surface area contributed by atoms with E-state index in [2.05, 4.69) is 9.69 Å². The van der Waals surface area contributed by atoms with Crippen LogP contribution in [0.4, 0.5) is 9.80 Å². The smallest absolute Gasteiger partial charge is 0.321 e. The number of primary amides is 1. The van der Waals surface area contributed by atoms with Crippen LogP contribution in [0.15, 0.2) is 0 Å². The van der Waals surface area contributed by atoms with Crippen molar-refractivity contribution in [2.45, 2.75) is 26.2 Å². The molecule has 7 heteroatoms. The predicted molar refractivity (Wildman–Crippen MR) is 72.0 cm³/mol. The van der Waals surface area contributed by atoms with Crippen LogP contribution in [0.2, 0.25) is 0 Å². The van der Waals surface area contributed by atoms with Gasteiger partial charge >= 0.3 is 6.03 Å². The molecule has 1 heterocycles. The van der Waals surface area contributed by atoms with Crippen LogP contribution in [0.25, 0.3) is 0 Å². The molecule has 0 saturated heterocycles. The van der Waals surface area contributed by atoms with E-state index in [1.54, 1.807) is 14.1 Å². The molecule has 0 unspecified atom stereocenters. The van der Waals surface area contributed by atoms with E-state index < -0.39 is 5.91 Å². The van der Waals surface area contributed by atoms with E-state index in [1.165, 1.54) is 4.90 Å². The summed E-state index contributed by atoms with van der Waals surface area (Å²) in [5.41, 5.74) is 5.97. The Balaban J connectivity index is 3.19. The van der Waals surface area contributed by atoms with E-state index in [1.807, 2.05) is 20.8 Å². The molecule has 0 aliphatic heterocycles. The number of rotatable bonds is 2. The van der Waals surface area contributed by atoms with Crippen LogP contribution in [0.1, 0.15) is 36.8 Å². The van der Waals surface area contributed by atoms with Crippen molar-refractivity contribution in [1.29, 1.82) is 0 Å². The molecule has 0 bridgehead atoms. The van der Waals surface area contributed by atoms with E-state index in [-0.39, 0.29) is 11.4 Å². The van der Waals surface area contributed by atoms with Gasteiger partial charge in [0.05, 0.1) is 11.3 Å². The zero-order valence-electron chi connectivity index (χ0n) is 11.2. The molecule has 1 rings (SSSR count). The first-order valence-electron chi connectivity index (χ1n) is 5.43. The van der Waals surface area contributed by atoms with E-state index in [4.69, 9.17) is 5.73 Å². The monoisotopic (exact) mass is 270 g/mol. The van der Waals surface area contributed by atoms with Crippen molar-refractivity contribution in [2.75, 3.05) is 19.4 Å². The summed E-state index contributed by atoms with van der Waals surface area (Å²) < 4.78 is 4.23. The molecule has 0 radical (unpaired) electrons. The first-order chi connectivity index (χ1) is 8.14. The second-order valence-electron chi connectivity index (χ2n) is 5.17. The average molecular weight is 270 g/mol. The molecule has 0 aliphatic carbocycles. The maximum Gasteiger partial charge on any atom is 0.321 e. The third-order valence-corrected chi connectivity index (χ3v) is 3.04. The molecule has 0 aliphatic rings. The van der Waals surface area contributed by atoms with Crippen molar-refractivity contribution in [3.8, 4) is 0 Å². The summed E-state index contributed by atoms with van der Waals surface area (Å²) in [6.45, 7) is 5.81. The minimum absolute atomic E-state index is 0.294. The first-order valence-corrected chi connectivity index (χ1v) is 6.20. The van der Waals surface area contributed by atoms with Gasteiger partial charge < -0.3 is 10.6 Å². The maximum atomic E-state index is 11.6. The zero-order valence-corrected chi connectivity index (χ0v) is 12.0. The van der Waals surface area contributed by atoms with Crippen molar-refractivity contribution in [2.24, 2.45) is 5.73 Å². The Morgan fingerprint density at radius 2 is 1.89 bits per heavy atom. The van der Waals surface area contributed by atoms with Crippen molar-refractivity contribution in [3.05, 3.63) is 11.3 Å². The number of hydrogen-bond acceptors (Lipinski definition) is 4. The summed E-state index contributed by atoms with van der Waals surface area (Å²) in [7, 11) is 3.23. The number of aromatic nitrogens is 1. The Kier molecular flexibility index (Phi) is 3.95. The van der Waals surface area contributed by atoms with Gasteiger partial charge in [-0.25, -0.2) is 4.79 Å². The number of nitrogens with zero attached hydrogens (tertiary/aromatic N) is 2. The van der Waals surface area contributed by atoms with Gasteiger partial charge in [0.15, 0.2) is 0 Å². The largest absolute Gasteiger partial charge is 0.365 e. The Bertz CT molecular complexity index is 474. The van der Waals surface area contributed by atoms with E-state index in [0.717, 1.165) is 11.5 Å². The fourth-order valence-electron chi connectivity index (χ4n) is 1.32. The van der Waals surface area contributed by atoms with Gasteiger partial charge in [0, 0.05) is 19.5 Å². The maximum absolute atomic E-state index is 11.6. The van der Waals surface area contributed by atoms with Gasteiger partial charge in [0.25, 0.3) is 5.91 Å². The van der Waals surface area contributed by atoms with E-state index in [0.29, 0.717) is 16.3 Å². The molecule has 0 spiro atoms. The summed E-state index contributed by atoms with van der Waals surface area (Å²) in [5.74, 6) is -0.581. The molecule has 3 amide bonds. The summed E-state index contributed by atoms with van der Waals surface area (Å²) >= 11 is 1.07. The quantitative estimate of drug-likeness (QED) is 0.856. The van der Waals surface area contributed by atoms with Gasteiger partial charge in [0.1, 0.15) is 5.00 Å². The molecule has 18 heavy (non-hydrogen) atoms. The molecule has 6 nitrogen and oxygen atoms in total. The van der Waals surface area contributed by atoms with Crippen LogP contribution in [-0.4, -0.2) is 35.3 Å². The highest BCUT2D eigenvalue weighted by Gasteiger charge is 2.28. The molecular weight excluding hydrogens is 252 g/mol. The highest BCUT2D eigenvalue weighted by atomic mass is 32.1. The normalized spacial score (nSPS) is 11.2. The van der Waals surface area contributed by atoms with E-state index >= 15 is 0 Å². The predicted octanol–water partition coefficient (Wildman–Crippen LogP) is 1.63. The van der Waals surface area contributed by atoms with Crippen LogP contribution in [0, 0.1) is 0 Å². The lowest BCUT2D eigenvalue weighted by atomic mass is 9.89. The van der Waals surface area contributed by atoms with Crippen molar-refractivity contribution in [1.82, 2.24) is 9.27 Å². The summed E-state index contributed by atoms with van der Waals surface area (Å²) in [6, 6.07) is -0.318. The molecule has 0 aromatic carbocycles. The molecule has 0 fully saturated rings. The molecule has 3 N–H and O–H groups in total. The lowest BCUT2D eigenvalue weighted by Gasteiger charge is -2.17. The van der Waals surface area contributed by atoms with Crippen LogP contribution >= 0.6 is 11.5 Å². The van der Waals surface area contributed by atoms with Crippen LogP contribution in [-0.2, 0) is 5.41 Å². The second kappa shape index (κ2) is 4.93. The fourth-order valence-corrected chi connectivity index (χ4v) is 2.29. The third kappa shape index (κ3) is 2.98. The molecular formula is C11H18N4O2S. The number of nitrogens with two attached hydrogens (primary N) is 1. The fraction of sp³-hybridized carbons (Fsp3) is 0.545. The lowest BCUT2D eigenvalue weighted by Crippen LogP contribution is -2.28. The Morgan fingerprint density at radius 1 is 1.33 bits per heavy atom. The minimum atomic E-state index is -0.581. The number of anilines is 1. The van der Waals surface area contributed by atoms with Gasteiger partial charge in [-0.3, -0.25) is 10.1 Å². The summed E-state index contributed by atoms with van der Waals surface area (Å²) in [4.78, 5) is 24.5. The van der Waals surface area contributed by atoms with Gasteiger partial charge in [-0.1, -0.05) is 20.8 Å². The molecule has 0 saturated carbocycles. The number of hydrogen-bond donors (Lipinski definition) is 2. The molecule has 100 valence electrons. The summed E-state index contributed by atoms with van der Waals surface area (Å²) in [5, 5.41) is 3.02. The number of carbonyl (C=O) groups is 2. The standard InChI is InChI=1S/C11H18N4O2S/c1-11(2,3)7-6(8(12)16)9(18-14-7)13-10(17)15(4)5/h1-5H3,(H2,12,16)(H,13,17). The van der Waals surface area contributed by atoms with Crippen molar-refractivity contribution >= 4 is 28.5 Å². The Labute approximate surface area is 110 Å². The van der Waals surface area contributed by atoms with Crippen LogP contribution in [0.5, 0.6) is 0 Å². The highest BCUT2D eigenvalue weighted by Crippen LogP contribution is 2.32. The van der Waals surface area contributed by atoms with Crippen molar-refractivity contribution < 1.29 is 9.59 Å². The number of carbonyl (C=O) groups excluding carboxylic acids is 2. The van der Waals surface area contributed by atoms with Gasteiger partial charge in [0.2, 0.25) is 0 Å². The molecule has 0 atom stereocenters. The summed E-state index contributed by atoms with van der Waals surface area (Å²) in [6.07, 6.45) is 0. The SMILES string of the molecule is CN(C)C(=O)Nc1snc(C(C)(C)C)c1C(N)=O. The molecule has 1 aromatic rings. The number of nitrogens with one attached hydrogen (secondary N) is 1. The van der Waals surface area contributed by atoms with E-state index in [9.17, 15) is 9.59 Å². The van der Waals surface area contributed by atoms with Gasteiger partial charge in [-0.05, 0) is 11.5 Å². The van der Waals surface area contributed by atoms with Gasteiger partial charge in [-0.2, -0.15) is 4.37 Å². The second-order valence-corrected chi connectivity index (χ2v) is 5.95. The number of urea groups is 1. The zero-order chi connectivity index (χ0) is 14.1. The minimum Gasteiger partial charge on any atom is -0.365 e. The lowest BCUT2D eigenvalue weighted by molar-refractivity contribution is 0.0999. The Morgan fingerprint density at radius 3 is 2.28 bits per heavy atom. The first kappa shape index (κ1) is 14.4.